The number of nitrogens with zero attached hydrogens (tertiary/aromatic N) is 1. The fraction of sp³-hybridized carbons (Fsp3) is 0.667. The lowest BCUT2D eigenvalue weighted by atomic mass is 10.2. The van der Waals surface area contributed by atoms with Crippen molar-refractivity contribution < 1.29 is 13.2 Å². The van der Waals surface area contributed by atoms with Crippen LogP contribution in [0, 0.1) is 0 Å². The van der Waals surface area contributed by atoms with E-state index in [1.807, 2.05) is 0 Å². The minimum atomic E-state index is -4.31. The number of aromatic nitrogens is 1. The maximum absolute atomic E-state index is 12.2. The highest BCUT2D eigenvalue weighted by Gasteiger charge is 2.33. The zero-order valence-corrected chi connectivity index (χ0v) is 8.79. The molecule has 1 aliphatic rings. The van der Waals surface area contributed by atoms with Gasteiger partial charge < -0.3 is 5.32 Å². The summed E-state index contributed by atoms with van der Waals surface area (Å²) in [5, 5.41) is 4.90. The van der Waals surface area contributed by atoms with Crippen molar-refractivity contribution in [3.8, 4) is 0 Å². The van der Waals surface area contributed by atoms with Crippen LogP contribution < -0.4 is 5.32 Å². The van der Waals surface area contributed by atoms with Crippen LogP contribution in [0.1, 0.15) is 23.5 Å². The van der Waals surface area contributed by atoms with Crippen molar-refractivity contribution in [1.29, 1.82) is 0 Å². The molecule has 1 saturated heterocycles. The Hall–Kier alpha value is -0.620. The van der Waals surface area contributed by atoms with Gasteiger partial charge in [-0.15, -0.1) is 11.3 Å². The molecule has 1 aromatic heterocycles. The molecule has 2 nitrogen and oxygen atoms in total. The van der Waals surface area contributed by atoms with Crippen molar-refractivity contribution in [1.82, 2.24) is 10.3 Å². The standard InChI is InChI=1S/C9H11F3N2S/c10-9(11,12)7-5-15-8(14-7)4-6-2-1-3-13-6/h5-6,13H,1-4H2. The number of alkyl halides is 3. The van der Waals surface area contributed by atoms with Gasteiger partial charge in [0.25, 0.3) is 0 Å². The van der Waals surface area contributed by atoms with Crippen LogP contribution in [0.25, 0.3) is 0 Å². The van der Waals surface area contributed by atoms with Gasteiger partial charge in [-0.1, -0.05) is 0 Å². The first-order valence-electron chi connectivity index (χ1n) is 4.80. The molecule has 0 radical (unpaired) electrons. The van der Waals surface area contributed by atoms with Gasteiger partial charge in [0, 0.05) is 17.8 Å². The predicted molar refractivity (Wildman–Crippen MR) is 51.8 cm³/mol. The van der Waals surface area contributed by atoms with Crippen LogP contribution in [0.15, 0.2) is 5.38 Å². The number of nitrogens with one attached hydrogen (secondary N) is 1. The van der Waals surface area contributed by atoms with Gasteiger partial charge in [0.15, 0.2) is 5.69 Å². The lowest BCUT2D eigenvalue weighted by Crippen LogP contribution is -2.23. The zero-order chi connectivity index (χ0) is 10.9. The average molecular weight is 236 g/mol. The molecule has 0 amide bonds. The van der Waals surface area contributed by atoms with Gasteiger partial charge in [-0.3, -0.25) is 0 Å². The van der Waals surface area contributed by atoms with Gasteiger partial charge in [0.2, 0.25) is 0 Å². The molecule has 1 N–H and O–H groups in total. The van der Waals surface area contributed by atoms with E-state index in [-0.39, 0.29) is 0 Å². The minimum absolute atomic E-state index is 0.303. The second-order valence-corrected chi connectivity index (χ2v) is 4.56. The van der Waals surface area contributed by atoms with E-state index < -0.39 is 11.9 Å². The lowest BCUT2D eigenvalue weighted by molar-refractivity contribution is -0.140. The van der Waals surface area contributed by atoms with Crippen LogP contribution in [-0.4, -0.2) is 17.6 Å². The van der Waals surface area contributed by atoms with Gasteiger partial charge in [-0.05, 0) is 19.4 Å². The van der Waals surface area contributed by atoms with E-state index in [4.69, 9.17) is 0 Å². The molecule has 2 heterocycles. The summed E-state index contributed by atoms with van der Waals surface area (Å²) in [6.45, 7) is 0.960. The topological polar surface area (TPSA) is 24.9 Å². The van der Waals surface area contributed by atoms with Crippen LogP contribution in [0.4, 0.5) is 13.2 Å². The Morgan fingerprint density at radius 2 is 2.33 bits per heavy atom. The quantitative estimate of drug-likeness (QED) is 0.853. The third-order valence-electron chi connectivity index (χ3n) is 2.43. The normalized spacial score (nSPS) is 22.2. The van der Waals surface area contributed by atoms with Crippen molar-refractivity contribution in [2.45, 2.75) is 31.5 Å². The van der Waals surface area contributed by atoms with E-state index >= 15 is 0 Å². The summed E-state index contributed by atoms with van der Waals surface area (Å²) >= 11 is 1.09. The van der Waals surface area contributed by atoms with Crippen molar-refractivity contribution >= 4 is 11.3 Å². The zero-order valence-electron chi connectivity index (χ0n) is 7.97. The molecule has 1 aliphatic heterocycles. The predicted octanol–water partition coefficient (Wildman–Crippen LogP) is 2.46. The summed E-state index contributed by atoms with van der Waals surface area (Å²) in [6.07, 6.45) is -1.57. The molecule has 84 valence electrons. The maximum atomic E-state index is 12.2. The molecule has 0 spiro atoms. The molecule has 1 unspecified atom stereocenters. The number of hydrogen-bond donors (Lipinski definition) is 1. The fourth-order valence-electron chi connectivity index (χ4n) is 1.68. The van der Waals surface area contributed by atoms with Crippen molar-refractivity contribution in [3.63, 3.8) is 0 Å². The molecular formula is C9H11F3N2S. The van der Waals surface area contributed by atoms with Crippen molar-refractivity contribution in [3.05, 3.63) is 16.1 Å². The summed E-state index contributed by atoms with van der Waals surface area (Å²) < 4.78 is 36.7. The number of halogens is 3. The van der Waals surface area contributed by atoms with Gasteiger partial charge in [-0.2, -0.15) is 13.2 Å². The summed E-state index contributed by atoms with van der Waals surface area (Å²) in [7, 11) is 0. The molecule has 1 fully saturated rings. The third kappa shape index (κ3) is 2.69. The van der Waals surface area contributed by atoms with Gasteiger partial charge >= 0.3 is 6.18 Å². The summed E-state index contributed by atoms with van der Waals surface area (Å²) in [4.78, 5) is 3.60. The van der Waals surface area contributed by atoms with E-state index in [0.29, 0.717) is 17.5 Å². The Kier molecular flexibility index (Phi) is 2.97. The van der Waals surface area contributed by atoms with Crippen molar-refractivity contribution in [2.24, 2.45) is 0 Å². The first kappa shape index (κ1) is 10.9. The maximum Gasteiger partial charge on any atom is 0.434 e. The molecule has 0 aliphatic carbocycles. The summed E-state index contributed by atoms with van der Waals surface area (Å²) in [6, 6.07) is 0.303. The molecule has 15 heavy (non-hydrogen) atoms. The Balaban J connectivity index is 2.00. The highest BCUT2D eigenvalue weighted by molar-refractivity contribution is 7.09. The van der Waals surface area contributed by atoms with E-state index in [1.165, 1.54) is 0 Å². The second-order valence-electron chi connectivity index (χ2n) is 3.62. The van der Waals surface area contributed by atoms with Gasteiger partial charge in [0.05, 0.1) is 5.01 Å². The Morgan fingerprint density at radius 1 is 1.53 bits per heavy atom. The summed E-state index contributed by atoms with van der Waals surface area (Å²) in [5.74, 6) is 0. The average Bonchev–Trinajstić information content (AvgIpc) is 2.73. The van der Waals surface area contributed by atoms with E-state index in [1.54, 1.807) is 0 Å². The Morgan fingerprint density at radius 3 is 2.87 bits per heavy atom. The minimum Gasteiger partial charge on any atom is -0.314 e. The van der Waals surface area contributed by atoms with Crippen molar-refractivity contribution in [2.75, 3.05) is 6.54 Å². The lowest BCUT2D eigenvalue weighted by Gasteiger charge is -2.06. The monoisotopic (exact) mass is 236 g/mol. The van der Waals surface area contributed by atoms with Crippen LogP contribution in [0.3, 0.4) is 0 Å². The van der Waals surface area contributed by atoms with Gasteiger partial charge in [0.1, 0.15) is 0 Å². The molecule has 2 rings (SSSR count). The second kappa shape index (κ2) is 4.09. The van der Waals surface area contributed by atoms with Crippen LogP contribution >= 0.6 is 11.3 Å². The highest BCUT2D eigenvalue weighted by Crippen LogP contribution is 2.30. The number of rotatable bonds is 2. The largest absolute Gasteiger partial charge is 0.434 e. The van der Waals surface area contributed by atoms with Crippen LogP contribution in [0.2, 0.25) is 0 Å². The molecule has 0 bridgehead atoms. The smallest absolute Gasteiger partial charge is 0.314 e. The Labute approximate surface area is 89.5 Å². The third-order valence-corrected chi connectivity index (χ3v) is 3.30. The van der Waals surface area contributed by atoms with E-state index in [0.717, 1.165) is 36.1 Å². The molecule has 1 aromatic rings. The first-order chi connectivity index (χ1) is 7.05. The Bertz CT molecular complexity index is 328. The summed E-state index contributed by atoms with van der Waals surface area (Å²) in [5.41, 5.74) is -0.763. The van der Waals surface area contributed by atoms with Crippen LogP contribution in [0.5, 0.6) is 0 Å². The molecule has 0 saturated carbocycles. The van der Waals surface area contributed by atoms with E-state index in [9.17, 15) is 13.2 Å². The van der Waals surface area contributed by atoms with E-state index in [2.05, 4.69) is 10.3 Å². The number of thiazole rings is 1. The SMILES string of the molecule is FC(F)(F)c1csc(CC2CCCN2)n1. The molecule has 6 heteroatoms. The van der Waals surface area contributed by atoms with Crippen LogP contribution in [-0.2, 0) is 12.6 Å². The fourth-order valence-corrected chi connectivity index (χ4v) is 2.56. The van der Waals surface area contributed by atoms with Gasteiger partial charge in [-0.25, -0.2) is 4.98 Å². The molecule has 0 aromatic carbocycles. The number of hydrogen-bond acceptors (Lipinski definition) is 3. The molecule has 1 atom stereocenters. The first-order valence-corrected chi connectivity index (χ1v) is 5.68. The molecular weight excluding hydrogens is 225 g/mol. The highest BCUT2D eigenvalue weighted by atomic mass is 32.1.